The summed E-state index contributed by atoms with van der Waals surface area (Å²) in [7, 11) is -4.52. The van der Waals surface area contributed by atoms with Crippen LogP contribution in [-0.2, 0) is 19.6 Å². The molecule has 0 aliphatic carbocycles. The normalized spacial score (nSPS) is 17.0. The predicted molar refractivity (Wildman–Crippen MR) is 95.7 cm³/mol. The first-order valence-electron chi connectivity index (χ1n) is 8.72. The van der Waals surface area contributed by atoms with Gasteiger partial charge in [0, 0.05) is 36.4 Å². The van der Waals surface area contributed by atoms with Gasteiger partial charge < -0.3 is 10.1 Å². The molecular weight excluding hydrogens is 432 g/mol. The second kappa shape index (κ2) is 9.08. The van der Waals surface area contributed by atoms with Gasteiger partial charge in [0.25, 0.3) is 15.9 Å². The van der Waals surface area contributed by atoms with E-state index in [1.165, 1.54) is 0 Å². The highest BCUT2D eigenvalue weighted by atomic mass is 32.2. The molecule has 7 nitrogen and oxygen atoms in total. The van der Waals surface area contributed by atoms with Gasteiger partial charge >= 0.3 is 0 Å². The van der Waals surface area contributed by atoms with Crippen molar-refractivity contribution in [2.45, 2.75) is 30.4 Å². The van der Waals surface area contributed by atoms with Crippen LogP contribution in [0.1, 0.15) is 29.6 Å². The number of hydrogen-bond acceptors (Lipinski definition) is 5. The van der Waals surface area contributed by atoms with Gasteiger partial charge in [-0.25, -0.2) is 26.0 Å². The van der Waals surface area contributed by atoms with E-state index in [1.54, 1.807) is 4.89 Å². The number of rotatable bonds is 6. The van der Waals surface area contributed by atoms with Gasteiger partial charge in [0.05, 0.1) is 0 Å². The van der Waals surface area contributed by atoms with E-state index in [-0.39, 0.29) is 5.56 Å². The lowest BCUT2D eigenvalue weighted by molar-refractivity contribution is -0.179. The highest BCUT2D eigenvalue weighted by Crippen LogP contribution is 2.21. The molecular formula is C18H16F4N2O5S. The summed E-state index contributed by atoms with van der Waals surface area (Å²) < 4.78 is 83.6. The first-order valence-corrected chi connectivity index (χ1v) is 10.2. The van der Waals surface area contributed by atoms with Gasteiger partial charge in [-0.3, -0.25) is 9.63 Å². The minimum atomic E-state index is -4.52. The van der Waals surface area contributed by atoms with Gasteiger partial charge in [0.2, 0.25) is 0 Å². The first-order chi connectivity index (χ1) is 14.2. The number of hydrogen-bond donors (Lipinski definition) is 2. The summed E-state index contributed by atoms with van der Waals surface area (Å²) in [5.41, 5.74) is -0.753. The fraction of sp³-hybridized carbons (Fsp3) is 0.278. The summed E-state index contributed by atoms with van der Waals surface area (Å²) >= 11 is 0. The molecule has 2 aromatic rings. The van der Waals surface area contributed by atoms with Gasteiger partial charge in [-0.05, 0) is 31.0 Å². The minimum absolute atomic E-state index is 0.337. The van der Waals surface area contributed by atoms with Gasteiger partial charge in [-0.15, -0.1) is 0 Å². The van der Waals surface area contributed by atoms with Crippen molar-refractivity contribution >= 4 is 21.6 Å². The summed E-state index contributed by atoms with van der Waals surface area (Å²) in [6.45, 7) is 0.390. The second-order valence-corrected chi connectivity index (χ2v) is 7.97. The Bertz CT molecular complexity index is 1040. The maximum atomic E-state index is 14.1. The molecule has 1 atom stereocenters. The van der Waals surface area contributed by atoms with Crippen LogP contribution in [0, 0.1) is 23.3 Å². The summed E-state index contributed by atoms with van der Waals surface area (Å²) in [5.74, 6) is -6.94. The van der Waals surface area contributed by atoms with Gasteiger partial charge in [-0.2, -0.15) is 0 Å². The van der Waals surface area contributed by atoms with Crippen LogP contribution in [-0.4, -0.2) is 27.2 Å². The van der Waals surface area contributed by atoms with Crippen molar-refractivity contribution in [2.75, 3.05) is 11.9 Å². The van der Waals surface area contributed by atoms with Crippen LogP contribution in [0.15, 0.2) is 35.2 Å². The van der Waals surface area contributed by atoms with Crippen molar-refractivity contribution in [3.63, 3.8) is 0 Å². The number of sulfonamides is 1. The Kier molecular flexibility index (Phi) is 6.71. The number of amides is 1. The zero-order chi connectivity index (χ0) is 21.9. The molecule has 0 spiro atoms. The summed E-state index contributed by atoms with van der Waals surface area (Å²) in [4.78, 5) is 18.1. The van der Waals surface area contributed by atoms with Crippen molar-refractivity contribution in [3.8, 4) is 0 Å². The second-order valence-electron chi connectivity index (χ2n) is 6.35. The molecule has 1 amide bonds. The number of ether oxygens (including phenoxy) is 1. The van der Waals surface area contributed by atoms with E-state index in [0.717, 1.165) is 25.0 Å². The lowest BCUT2D eigenvalue weighted by Gasteiger charge is -2.22. The third kappa shape index (κ3) is 5.14. The first kappa shape index (κ1) is 22.2. The van der Waals surface area contributed by atoms with Crippen molar-refractivity contribution < 1.29 is 40.3 Å². The standard InChI is InChI=1S/C18H16F4N2O5S/c19-12-5-4-10(18(25)23-11-8-13(20)17(22)14(21)9-11)7-15(12)30(26,27)24-29-16-3-1-2-6-28-16/h4-5,7-9,16,24H,1-3,6H2,(H,23,25). The Labute approximate surface area is 169 Å². The molecule has 1 aliphatic rings. The molecule has 0 saturated carbocycles. The Morgan fingerprint density at radius 1 is 1.03 bits per heavy atom. The number of halogens is 4. The number of carbonyl (C=O) groups is 1. The van der Waals surface area contributed by atoms with E-state index in [0.29, 0.717) is 31.2 Å². The zero-order valence-electron chi connectivity index (χ0n) is 15.3. The lowest BCUT2D eigenvalue weighted by Crippen LogP contribution is -2.33. The molecule has 1 unspecified atom stereocenters. The van der Waals surface area contributed by atoms with Crippen LogP contribution in [0.2, 0.25) is 0 Å². The Hall–Kier alpha value is -2.54. The topological polar surface area (TPSA) is 93.7 Å². The highest BCUT2D eigenvalue weighted by Gasteiger charge is 2.24. The van der Waals surface area contributed by atoms with E-state index in [1.807, 2.05) is 0 Å². The highest BCUT2D eigenvalue weighted by molar-refractivity contribution is 7.89. The number of nitrogens with one attached hydrogen (secondary N) is 2. The molecule has 12 heteroatoms. The van der Waals surface area contributed by atoms with Crippen molar-refractivity contribution in [1.82, 2.24) is 4.89 Å². The van der Waals surface area contributed by atoms with Crippen LogP contribution in [0.4, 0.5) is 23.2 Å². The summed E-state index contributed by atoms with van der Waals surface area (Å²) in [6, 6.07) is 3.49. The lowest BCUT2D eigenvalue weighted by atomic mass is 10.2. The van der Waals surface area contributed by atoms with Crippen LogP contribution >= 0.6 is 0 Å². The van der Waals surface area contributed by atoms with Crippen molar-refractivity contribution in [3.05, 3.63) is 59.2 Å². The van der Waals surface area contributed by atoms with Gasteiger partial charge in [0.15, 0.2) is 23.7 Å². The third-order valence-corrected chi connectivity index (χ3v) is 5.36. The molecule has 162 valence electrons. The molecule has 3 rings (SSSR count). The quantitative estimate of drug-likeness (QED) is 0.402. The van der Waals surface area contributed by atoms with Crippen molar-refractivity contribution in [1.29, 1.82) is 0 Å². The molecule has 0 bridgehead atoms. The zero-order valence-corrected chi connectivity index (χ0v) is 16.1. The van der Waals surface area contributed by atoms with Gasteiger partial charge in [-0.1, -0.05) is 4.89 Å². The molecule has 2 aromatic carbocycles. The Balaban J connectivity index is 1.77. The maximum absolute atomic E-state index is 14.1. The summed E-state index contributed by atoms with van der Waals surface area (Å²) in [6.07, 6.45) is 1.19. The molecule has 2 N–H and O–H groups in total. The van der Waals surface area contributed by atoms with E-state index < -0.39 is 56.1 Å². The fourth-order valence-corrected chi connectivity index (χ4v) is 3.58. The van der Waals surface area contributed by atoms with Crippen LogP contribution in [0.3, 0.4) is 0 Å². The Morgan fingerprint density at radius 3 is 2.37 bits per heavy atom. The van der Waals surface area contributed by atoms with Crippen LogP contribution in [0.5, 0.6) is 0 Å². The Morgan fingerprint density at radius 2 is 1.73 bits per heavy atom. The fourth-order valence-electron chi connectivity index (χ4n) is 2.65. The van der Waals surface area contributed by atoms with Crippen LogP contribution in [0.25, 0.3) is 0 Å². The molecule has 1 aliphatic heterocycles. The predicted octanol–water partition coefficient (Wildman–Crippen LogP) is 3.23. The van der Waals surface area contributed by atoms with E-state index in [2.05, 4.69) is 5.32 Å². The summed E-state index contributed by atoms with van der Waals surface area (Å²) in [5, 5.41) is 2.07. The molecule has 1 fully saturated rings. The smallest absolute Gasteiger partial charge is 0.265 e. The number of anilines is 1. The average molecular weight is 448 g/mol. The molecule has 0 aromatic heterocycles. The molecule has 30 heavy (non-hydrogen) atoms. The van der Waals surface area contributed by atoms with Gasteiger partial charge in [0.1, 0.15) is 10.7 Å². The average Bonchev–Trinajstić information content (AvgIpc) is 2.71. The third-order valence-electron chi connectivity index (χ3n) is 4.15. The molecule has 1 saturated heterocycles. The molecule has 0 radical (unpaired) electrons. The van der Waals surface area contributed by atoms with Crippen LogP contribution < -0.4 is 10.2 Å². The SMILES string of the molecule is O=C(Nc1cc(F)c(F)c(F)c1)c1ccc(F)c(S(=O)(=O)NOC2CCCCO2)c1. The number of carbonyl (C=O) groups excluding carboxylic acids is 1. The largest absolute Gasteiger partial charge is 0.351 e. The minimum Gasteiger partial charge on any atom is -0.351 e. The van der Waals surface area contributed by atoms with Crippen molar-refractivity contribution in [2.24, 2.45) is 0 Å². The van der Waals surface area contributed by atoms with E-state index in [4.69, 9.17) is 9.57 Å². The number of benzene rings is 2. The molecule has 1 heterocycles. The van der Waals surface area contributed by atoms with E-state index in [9.17, 15) is 30.8 Å². The maximum Gasteiger partial charge on any atom is 0.265 e. The van der Waals surface area contributed by atoms with E-state index >= 15 is 0 Å². The monoisotopic (exact) mass is 448 g/mol.